The molecule has 5 nitrogen and oxygen atoms in total. The van der Waals surface area contributed by atoms with Crippen LogP contribution in [0.1, 0.15) is 39.3 Å². The Bertz CT molecular complexity index is 486. The Balaban J connectivity index is 2.83. The molecule has 3 N–H and O–H groups in total. The van der Waals surface area contributed by atoms with Crippen LogP contribution in [0.25, 0.3) is 0 Å². The highest BCUT2D eigenvalue weighted by molar-refractivity contribution is 5.88. The van der Waals surface area contributed by atoms with Gasteiger partial charge in [0.15, 0.2) is 0 Å². The molecule has 0 aliphatic rings. The fraction of sp³-hybridized carbons (Fsp3) is 0.467. The summed E-state index contributed by atoms with van der Waals surface area (Å²) >= 11 is 0. The number of carbonyl (C=O) groups is 2. The minimum Gasteiger partial charge on any atom is -0.480 e. The summed E-state index contributed by atoms with van der Waals surface area (Å²) in [5.74, 6) is -0.994. The van der Waals surface area contributed by atoms with E-state index in [2.05, 4.69) is 10.6 Å². The molecule has 0 radical (unpaired) electrons. The van der Waals surface area contributed by atoms with Crippen LogP contribution >= 0.6 is 0 Å². The van der Waals surface area contributed by atoms with Crippen molar-refractivity contribution in [3.05, 3.63) is 29.8 Å². The number of hydrogen-bond acceptors (Lipinski definition) is 3. The molecule has 1 amide bonds. The number of hydrogen-bond donors (Lipinski definition) is 3. The summed E-state index contributed by atoms with van der Waals surface area (Å²) < 4.78 is 0. The summed E-state index contributed by atoms with van der Waals surface area (Å²) in [6, 6.07) is 6.67. The van der Waals surface area contributed by atoms with Crippen LogP contribution in [-0.2, 0) is 9.59 Å². The maximum Gasteiger partial charge on any atom is 0.320 e. The minimum atomic E-state index is -0.857. The molecule has 0 spiro atoms. The van der Waals surface area contributed by atoms with E-state index in [9.17, 15) is 14.7 Å². The number of carboxylic acids is 1. The minimum absolute atomic E-state index is 0.00604. The molecule has 0 aliphatic heterocycles. The number of carboxylic acid groups (broad SMARTS) is 1. The van der Waals surface area contributed by atoms with Crippen LogP contribution in [0.3, 0.4) is 0 Å². The van der Waals surface area contributed by atoms with Gasteiger partial charge in [-0.3, -0.25) is 14.9 Å². The van der Waals surface area contributed by atoms with Crippen molar-refractivity contribution < 1.29 is 14.7 Å². The van der Waals surface area contributed by atoms with Gasteiger partial charge < -0.3 is 10.4 Å². The van der Waals surface area contributed by atoms with E-state index in [1.165, 1.54) is 6.92 Å². The van der Waals surface area contributed by atoms with E-state index in [0.29, 0.717) is 5.69 Å². The maximum atomic E-state index is 11.2. The van der Waals surface area contributed by atoms with Gasteiger partial charge in [-0.25, -0.2) is 0 Å². The van der Waals surface area contributed by atoms with E-state index in [4.69, 9.17) is 0 Å². The number of aliphatic carboxylic acids is 1. The second-order valence-corrected chi connectivity index (χ2v) is 5.25. The van der Waals surface area contributed by atoms with Gasteiger partial charge in [0, 0.05) is 18.7 Å². The van der Waals surface area contributed by atoms with E-state index in [-0.39, 0.29) is 17.9 Å². The lowest BCUT2D eigenvalue weighted by Crippen LogP contribution is -2.42. The van der Waals surface area contributed by atoms with Gasteiger partial charge in [-0.1, -0.05) is 26.0 Å². The number of benzene rings is 1. The first kappa shape index (κ1) is 16.2. The number of amides is 1. The Morgan fingerprint density at radius 3 is 2.35 bits per heavy atom. The molecular weight excluding hydrogens is 256 g/mol. The molecule has 20 heavy (non-hydrogen) atoms. The number of anilines is 1. The van der Waals surface area contributed by atoms with Crippen LogP contribution in [-0.4, -0.2) is 23.0 Å². The van der Waals surface area contributed by atoms with Gasteiger partial charge in [-0.05, 0) is 30.5 Å². The molecule has 1 aromatic carbocycles. The molecule has 0 aromatic heterocycles. The standard InChI is InChI=1S/C15H22N2O3/c1-9(2)14(15(19)20)16-10(3)12-6-5-7-13(8-12)17-11(4)18/h5-10,14,16H,1-4H3,(H,17,18)(H,19,20). The summed E-state index contributed by atoms with van der Waals surface area (Å²) in [4.78, 5) is 22.2. The Kier molecular flexibility index (Phi) is 5.70. The summed E-state index contributed by atoms with van der Waals surface area (Å²) in [6.45, 7) is 7.09. The maximum absolute atomic E-state index is 11.2. The van der Waals surface area contributed by atoms with Crippen LogP contribution in [0.2, 0.25) is 0 Å². The summed E-state index contributed by atoms with van der Waals surface area (Å²) in [6.07, 6.45) is 0. The molecule has 0 saturated carbocycles. The topological polar surface area (TPSA) is 78.4 Å². The first-order valence-electron chi connectivity index (χ1n) is 6.67. The summed E-state index contributed by atoms with van der Waals surface area (Å²) in [7, 11) is 0. The van der Waals surface area contributed by atoms with Crippen molar-refractivity contribution in [3.8, 4) is 0 Å². The highest BCUT2D eigenvalue weighted by Crippen LogP contribution is 2.19. The Labute approximate surface area is 119 Å². The van der Waals surface area contributed by atoms with E-state index in [0.717, 1.165) is 5.56 Å². The van der Waals surface area contributed by atoms with Gasteiger partial charge >= 0.3 is 5.97 Å². The molecule has 110 valence electrons. The molecule has 2 atom stereocenters. The number of rotatable bonds is 6. The van der Waals surface area contributed by atoms with Crippen molar-refractivity contribution in [1.29, 1.82) is 0 Å². The van der Waals surface area contributed by atoms with Gasteiger partial charge in [0.05, 0.1) is 0 Å². The van der Waals surface area contributed by atoms with Crippen molar-refractivity contribution in [2.75, 3.05) is 5.32 Å². The predicted octanol–water partition coefficient (Wildman–Crippen LogP) is 2.40. The molecule has 0 saturated heterocycles. The predicted molar refractivity (Wildman–Crippen MR) is 78.6 cm³/mol. The van der Waals surface area contributed by atoms with Gasteiger partial charge in [0.2, 0.25) is 5.91 Å². The molecular formula is C15H22N2O3. The number of nitrogens with one attached hydrogen (secondary N) is 2. The zero-order valence-corrected chi connectivity index (χ0v) is 12.3. The number of carbonyl (C=O) groups excluding carboxylic acids is 1. The lowest BCUT2D eigenvalue weighted by Gasteiger charge is -2.23. The van der Waals surface area contributed by atoms with E-state index < -0.39 is 12.0 Å². The highest BCUT2D eigenvalue weighted by atomic mass is 16.4. The Hall–Kier alpha value is -1.88. The lowest BCUT2D eigenvalue weighted by molar-refractivity contribution is -0.140. The smallest absolute Gasteiger partial charge is 0.320 e. The van der Waals surface area contributed by atoms with E-state index >= 15 is 0 Å². The van der Waals surface area contributed by atoms with Crippen molar-refractivity contribution in [2.45, 2.75) is 39.8 Å². The Morgan fingerprint density at radius 2 is 1.85 bits per heavy atom. The summed E-state index contributed by atoms with van der Waals surface area (Å²) in [5.41, 5.74) is 1.64. The molecule has 1 rings (SSSR count). The van der Waals surface area contributed by atoms with Crippen molar-refractivity contribution in [2.24, 2.45) is 5.92 Å². The van der Waals surface area contributed by atoms with Crippen molar-refractivity contribution in [1.82, 2.24) is 5.32 Å². The van der Waals surface area contributed by atoms with Gasteiger partial charge in [-0.2, -0.15) is 0 Å². The summed E-state index contributed by atoms with van der Waals surface area (Å²) in [5, 5.41) is 15.0. The molecule has 2 unspecified atom stereocenters. The first-order chi connectivity index (χ1) is 9.31. The average Bonchev–Trinajstić information content (AvgIpc) is 2.34. The Morgan fingerprint density at radius 1 is 1.20 bits per heavy atom. The van der Waals surface area contributed by atoms with Gasteiger partial charge in [0.1, 0.15) is 6.04 Å². The van der Waals surface area contributed by atoms with Crippen molar-refractivity contribution in [3.63, 3.8) is 0 Å². The van der Waals surface area contributed by atoms with E-state index in [1.807, 2.05) is 39.0 Å². The normalized spacial score (nSPS) is 13.8. The lowest BCUT2D eigenvalue weighted by atomic mass is 10.0. The highest BCUT2D eigenvalue weighted by Gasteiger charge is 2.23. The fourth-order valence-electron chi connectivity index (χ4n) is 2.00. The van der Waals surface area contributed by atoms with Crippen molar-refractivity contribution >= 4 is 17.6 Å². The van der Waals surface area contributed by atoms with Gasteiger partial charge in [-0.15, -0.1) is 0 Å². The SMILES string of the molecule is CC(=O)Nc1cccc(C(C)NC(C(=O)O)C(C)C)c1. The molecule has 5 heteroatoms. The fourth-order valence-corrected chi connectivity index (χ4v) is 2.00. The zero-order valence-electron chi connectivity index (χ0n) is 12.3. The monoisotopic (exact) mass is 278 g/mol. The third kappa shape index (κ3) is 4.66. The van der Waals surface area contributed by atoms with Gasteiger partial charge in [0.25, 0.3) is 0 Å². The van der Waals surface area contributed by atoms with E-state index in [1.54, 1.807) is 6.07 Å². The third-order valence-corrected chi connectivity index (χ3v) is 3.07. The van der Waals surface area contributed by atoms with Crippen LogP contribution in [0.5, 0.6) is 0 Å². The van der Waals surface area contributed by atoms with Crippen LogP contribution in [0, 0.1) is 5.92 Å². The van der Waals surface area contributed by atoms with Crippen LogP contribution in [0.15, 0.2) is 24.3 Å². The molecule has 0 aliphatic carbocycles. The quantitative estimate of drug-likeness (QED) is 0.746. The molecule has 0 bridgehead atoms. The second-order valence-electron chi connectivity index (χ2n) is 5.25. The van der Waals surface area contributed by atoms with Crippen LogP contribution < -0.4 is 10.6 Å². The van der Waals surface area contributed by atoms with Crippen LogP contribution in [0.4, 0.5) is 5.69 Å². The first-order valence-corrected chi connectivity index (χ1v) is 6.67. The average molecular weight is 278 g/mol. The second kappa shape index (κ2) is 7.05. The molecule has 0 fully saturated rings. The molecule has 0 heterocycles. The zero-order chi connectivity index (χ0) is 15.3. The largest absolute Gasteiger partial charge is 0.480 e. The third-order valence-electron chi connectivity index (χ3n) is 3.07. The molecule has 1 aromatic rings.